The Morgan fingerprint density at radius 3 is 2.50 bits per heavy atom. The van der Waals surface area contributed by atoms with Crippen molar-refractivity contribution in [1.29, 1.82) is 0 Å². The Hall–Kier alpha value is -3.12. The predicted octanol–water partition coefficient (Wildman–Crippen LogP) is 3.72. The highest BCUT2D eigenvalue weighted by Gasteiger charge is 2.21. The van der Waals surface area contributed by atoms with Gasteiger partial charge < -0.3 is 10.1 Å². The summed E-state index contributed by atoms with van der Waals surface area (Å²) in [6, 6.07) is 17.3. The van der Waals surface area contributed by atoms with Crippen LogP contribution in [0.5, 0.6) is 0 Å². The van der Waals surface area contributed by atoms with E-state index in [2.05, 4.69) is 10.4 Å². The fourth-order valence-electron chi connectivity index (χ4n) is 3.18. The maximum atomic E-state index is 12.5. The van der Waals surface area contributed by atoms with Gasteiger partial charge in [-0.25, -0.2) is 4.79 Å². The number of esters is 1. The first kappa shape index (κ1) is 21.6. The van der Waals surface area contributed by atoms with E-state index in [1.807, 2.05) is 54.6 Å². The Morgan fingerprint density at radius 1 is 1.07 bits per heavy atom. The van der Waals surface area contributed by atoms with Crippen LogP contribution >= 0.6 is 11.6 Å². The molecule has 3 aromatic rings. The third kappa shape index (κ3) is 5.48. The van der Waals surface area contributed by atoms with Gasteiger partial charge in [-0.15, -0.1) is 0 Å². The molecule has 1 N–H and O–H groups in total. The molecule has 0 unspecified atom stereocenters. The van der Waals surface area contributed by atoms with Crippen LogP contribution < -0.4 is 5.32 Å². The molecule has 0 spiro atoms. The Labute approximate surface area is 180 Å². The molecule has 6 nitrogen and oxygen atoms in total. The SMILES string of the molecule is Cc1nn(Cc2ccccc2Cl)c(C)c1C(=O)OCC(=O)NCCc1ccccc1. The van der Waals surface area contributed by atoms with Crippen molar-refractivity contribution in [3.05, 3.63) is 87.7 Å². The number of ether oxygens (including phenoxy) is 1. The molecule has 0 aliphatic carbocycles. The number of nitrogens with zero attached hydrogens (tertiary/aromatic N) is 2. The molecule has 7 heteroatoms. The Balaban J connectivity index is 1.54. The van der Waals surface area contributed by atoms with Crippen LogP contribution in [-0.4, -0.2) is 34.8 Å². The number of nitrogens with one attached hydrogen (secondary N) is 1. The van der Waals surface area contributed by atoms with E-state index < -0.39 is 5.97 Å². The highest BCUT2D eigenvalue weighted by atomic mass is 35.5. The minimum Gasteiger partial charge on any atom is -0.452 e. The van der Waals surface area contributed by atoms with Crippen molar-refractivity contribution in [3.63, 3.8) is 0 Å². The summed E-state index contributed by atoms with van der Waals surface area (Å²) in [5.41, 5.74) is 3.63. The van der Waals surface area contributed by atoms with Crippen molar-refractivity contribution in [2.24, 2.45) is 0 Å². The molecule has 1 aromatic heterocycles. The smallest absolute Gasteiger partial charge is 0.342 e. The Morgan fingerprint density at radius 2 is 1.77 bits per heavy atom. The van der Waals surface area contributed by atoms with Crippen LogP contribution in [0.1, 0.15) is 32.9 Å². The second-order valence-electron chi connectivity index (χ2n) is 6.96. The molecule has 30 heavy (non-hydrogen) atoms. The van der Waals surface area contributed by atoms with Crippen molar-refractivity contribution in [3.8, 4) is 0 Å². The molecule has 0 bridgehead atoms. The highest BCUT2D eigenvalue weighted by molar-refractivity contribution is 6.31. The van der Waals surface area contributed by atoms with Gasteiger partial charge in [-0.2, -0.15) is 5.10 Å². The monoisotopic (exact) mass is 425 g/mol. The average Bonchev–Trinajstić information content (AvgIpc) is 3.02. The van der Waals surface area contributed by atoms with Gasteiger partial charge in [-0.05, 0) is 37.5 Å². The van der Waals surface area contributed by atoms with E-state index in [0.717, 1.165) is 11.1 Å². The van der Waals surface area contributed by atoms with Gasteiger partial charge in [-0.1, -0.05) is 60.1 Å². The predicted molar refractivity (Wildman–Crippen MR) is 116 cm³/mol. The first-order valence-corrected chi connectivity index (χ1v) is 10.1. The van der Waals surface area contributed by atoms with Gasteiger partial charge in [0.05, 0.1) is 17.9 Å². The fraction of sp³-hybridized carbons (Fsp3) is 0.261. The number of benzene rings is 2. The normalized spacial score (nSPS) is 10.6. The Bertz CT molecular complexity index is 1030. The summed E-state index contributed by atoms with van der Waals surface area (Å²) in [6.07, 6.45) is 0.716. The first-order chi connectivity index (χ1) is 14.5. The summed E-state index contributed by atoms with van der Waals surface area (Å²) in [4.78, 5) is 24.5. The minimum atomic E-state index is -0.561. The van der Waals surface area contributed by atoms with E-state index in [-0.39, 0.29) is 12.5 Å². The molecule has 1 amide bonds. The zero-order valence-electron chi connectivity index (χ0n) is 17.0. The largest absolute Gasteiger partial charge is 0.452 e. The molecule has 0 atom stereocenters. The first-order valence-electron chi connectivity index (χ1n) is 9.71. The van der Waals surface area contributed by atoms with E-state index in [4.69, 9.17) is 16.3 Å². The fourth-order valence-corrected chi connectivity index (χ4v) is 3.37. The van der Waals surface area contributed by atoms with Crippen LogP contribution in [0.3, 0.4) is 0 Å². The van der Waals surface area contributed by atoms with E-state index in [1.54, 1.807) is 18.5 Å². The lowest BCUT2D eigenvalue weighted by atomic mass is 10.1. The van der Waals surface area contributed by atoms with E-state index in [9.17, 15) is 9.59 Å². The quantitative estimate of drug-likeness (QED) is 0.558. The van der Waals surface area contributed by atoms with Crippen LogP contribution in [-0.2, 0) is 22.5 Å². The lowest BCUT2D eigenvalue weighted by Gasteiger charge is -2.08. The van der Waals surface area contributed by atoms with E-state index in [1.165, 1.54) is 0 Å². The number of aryl methyl sites for hydroxylation is 1. The maximum absolute atomic E-state index is 12.5. The maximum Gasteiger partial charge on any atom is 0.342 e. The highest BCUT2D eigenvalue weighted by Crippen LogP contribution is 2.20. The van der Waals surface area contributed by atoms with Gasteiger partial charge >= 0.3 is 5.97 Å². The average molecular weight is 426 g/mol. The molecular formula is C23H24ClN3O3. The van der Waals surface area contributed by atoms with Crippen molar-refractivity contribution < 1.29 is 14.3 Å². The third-order valence-corrected chi connectivity index (χ3v) is 5.15. The van der Waals surface area contributed by atoms with E-state index in [0.29, 0.717) is 41.5 Å². The minimum absolute atomic E-state index is 0.331. The second kappa shape index (κ2) is 10.1. The summed E-state index contributed by atoms with van der Waals surface area (Å²) in [5, 5.41) is 7.83. The number of carbonyl (C=O) groups excluding carboxylic acids is 2. The van der Waals surface area contributed by atoms with Gasteiger partial charge in [0.1, 0.15) is 5.56 Å². The second-order valence-corrected chi connectivity index (χ2v) is 7.36. The van der Waals surface area contributed by atoms with Gasteiger partial charge in [0.15, 0.2) is 6.61 Å². The molecule has 0 aliphatic rings. The molecule has 0 aliphatic heterocycles. The van der Waals surface area contributed by atoms with Gasteiger partial charge in [-0.3, -0.25) is 9.48 Å². The zero-order valence-corrected chi connectivity index (χ0v) is 17.8. The topological polar surface area (TPSA) is 73.2 Å². The third-order valence-electron chi connectivity index (χ3n) is 4.78. The molecule has 0 saturated carbocycles. The van der Waals surface area contributed by atoms with Crippen LogP contribution in [0.4, 0.5) is 0 Å². The molecule has 1 heterocycles. The standard InChI is InChI=1S/C23H24ClN3O3/c1-16-22(17(2)27(26-16)14-19-10-6-7-11-20(19)24)23(29)30-15-21(28)25-13-12-18-8-4-3-5-9-18/h3-11H,12-15H2,1-2H3,(H,25,28). The zero-order chi connectivity index (χ0) is 21.5. The van der Waals surface area contributed by atoms with Crippen molar-refractivity contribution in [2.45, 2.75) is 26.8 Å². The lowest BCUT2D eigenvalue weighted by molar-refractivity contribution is -0.124. The van der Waals surface area contributed by atoms with Gasteiger partial charge in [0.2, 0.25) is 0 Å². The summed E-state index contributed by atoms with van der Waals surface area (Å²) >= 11 is 6.22. The molecule has 3 rings (SSSR count). The van der Waals surface area contributed by atoms with Crippen molar-refractivity contribution in [2.75, 3.05) is 13.2 Å². The summed E-state index contributed by atoms with van der Waals surface area (Å²) in [6.45, 7) is 4.13. The van der Waals surface area contributed by atoms with Gasteiger partial charge in [0.25, 0.3) is 5.91 Å². The number of rotatable bonds is 8. The summed E-state index contributed by atoms with van der Waals surface area (Å²) < 4.78 is 6.93. The molecule has 0 fully saturated rings. The summed E-state index contributed by atoms with van der Waals surface area (Å²) in [7, 11) is 0. The number of amides is 1. The Kier molecular flexibility index (Phi) is 7.25. The van der Waals surface area contributed by atoms with Crippen LogP contribution in [0.25, 0.3) is 0 Å². The van der Waals surface area contributed by atoms with E-state index >= 15 is 0 Å². The molecule has 156 valence electrons. The number of hydrogen-bond acceptors (Lipinski definition) is 4. The van der Waals surface area contributed by atoms with Crippen LogP contribution in [0.15, 0.2) is 54.6 Å². The number of carbonyl (C=O) groups is 2. The lowest BCUT2D eigenvalue weighted by Crippen LogP contribution is -2.30. The number of halogens is 1. The molecular weight excluding hydrogens is 402 g/mol. The number of aromatic nitrogens is 2. The van der Waals surface area contributed by atoms with Crippen molar-refractivity contribution >= 4 is 23.5 Å². The summed E-state index contributed by atoms with van der Waals surface area (Å²) in [5.74, 6) is -0.897. The van der Waals surface area contributed by atoms with Crippen molar-refractivity contribution in [1.82, 2.24) is 15.1 Å². The molecule has 2 aromatic carbocycles. The van der Waals surface area contributed by atoms with Crippen LogP contribution in [0.2, 0.25) is 5.02 Å². The number of hydrogen-bond donors (Lipinski definition) is 1. The molecule has 0 radical (unpaired) electrons. The van der Waals surface area contributed by atoms with Crippen LogP contribution in [0, 0.1) is 13.8 Å². The van der Waals surface area contributed by atoms with Gasteiger partial charge in [0, 0.05) is 11.6 Å². The molecule has 0 saturated heterocycles.